The number of aromatic amines is 1. The number of hydrogen-bond donors (Lipinski definition) is 1. The van der Waals surface area contributed by atoms with E-state index in [1.807, 2.05) is 29.2 Å². The SMILES string of the molecule is CC1CCN(C(=O)CSc2nnc3c(n2)[nH]c2ccccc23)C(C)C1. The van der Waals surface area contributed by atoms with Gasteiger partial charge in [-0.05, 0) is 31.7 Å². The summed E-state index contributed by atoms with van der Waals surface area (Å²) in [4.78, 5) is 22.3. The van der Waals surface area contributed by atoms with Crippen molar-refractivity contribution in [1.29, 1.82) is 0 Å². The lowest BCUT2D eigenvalue weighted by Crippen LogP contribution is -2.45. The molecule has 0 saturated carbocycles. The molecule has 1 N–H and O–H groups in total. The molecule has 1 saturated heterocycles. The molecule has 3 aromatic rings. The van der Waals surface area contributed by atoms with Crippen LogP contribution in [0.2, 0.25) is 0 Å². The van der Waals surface area contributed by atoms with E-state index in [0.717, 1.165) is 35.8 Å². The number of likely N-dealkylation sites (tertiary alicyclic amines) is 1. The van der Waals surface area contributed by atoms with Gasteiger partial charge in [0.2, 0.25) is 11.1 Å². The molecule has 2 atom stereocenters. The minimum absolute atomic E-state index is 0.157. The summed E-state index contributed by atoms with van der Waals surface area (Å²) in [5, 5.41) is 10.0. The monoisotopic (exact) mass is 355 g/mol. The third-order valence-electron chi connectivity index (χ3n) is 4.89. The largest absolute Gasteiger partial charge is 0.339 e. The zero-order valence-corrected chi connectivity index (χ0v) is 15.2. The fourth-order valence-electron chi connectivity index (χ4n) is 3.55. The summed E-state index contributed by atoms with van der Waals surface area (Å²) < 4.78 is 0. The number of nitrogens with one attached hydrogen (secondary N) is 1. The molecule has 0 aliphatic carbocycles. The van der Waals surface area contributed by atoms with Crippen molar-refractivity contribution in [3.8, 4) is 0 Å². The Morgan fingerprint density at radius 2 is 2.16 bits per heavy atom. The quantitative estimate of drug-likeness (QED) is 0.730. The molecule has 1 amide bonds. The number of benzene rings is 1. The van der Waals surface area contributed by atoms with E-state index in [-0.39, 0.29) is 5.91 Å². The predicted molar refractivity (Wildman–Crippen MR) is 99.5 cm³/mol. The summed E-state index contributed by atoms with van der Waals surface area (Å²) in [5.74, 6) is 1.21. The van der Waals surface area contributed by atoms with Crippen LogP contribution in [-0.4, -0.2) is 49.3 Å². The van der Waals surface area contributed by atoms with Crippen molar-refractivity contribution in [2.24, 2.45) is 5.92 Å². The fourth-order valence-corrected chi connectivity index (χ4v) is 4.23. The van der Waals surface area contributed by atoms with Crippen LogP contribution in [0, 0.1) is 5.92 Å². The van der Waals surface area contributed by atoms with E-state index < -0.39 is 0 Å². The van der Waals surface area contributed by atoms with Gasteiger partial charge in [0.05, 0.1) is 5.75 Å². The molecular formula is C18H21N5OS. The summed E-state index contributed by atoms with van der Waals surface area (Å²) in [6.45, 7) is 5.23. The summed E-state index contributed by atoms with van der Waals surface area (Å²) in [6, 6.07) is 8.25. The Balaban J connectivity index is 1.47. The van der Waals surface area contributed by atoms with Gasteiger partial charge in [0, 0.05) is 23.5 Å². The third kappa shape index (κ3) is 3.20. The lowest BCUT2D eigenvalue weighted by atomic mass is 9.93. The topological polar surface area (TPSA) is 74.8 Å². The molecule has 1 fully saturated rings. The molecule has 1 aliphatic heterocycles. The average Bonchev–Trinajstić information content (AvgIpc) is 2.97. The van der Waals surface area contributed by atoms with Gasteiger partial charge in [0.15, 0.2) is 5.65 Å². The van der Waals surface area contributed by atoms with Crippen molar-refractivity contribution < 1.29 is 4.79 Å². The van der Waals surface area contributed by atoms with E-state index in [2.05, 4.69) is 34.0 Å². The van der Waals surface area contributed by atoms with Crippen LogP contribution >= 0.6 is 11.8 Å². The van der Waals surface area contributed by atoms with Crippen LogP contribution in [0.5, 0.6) is 0 Å². The van der Waals surface area contributed by atoms with Crippen LogP contribution in [0.1, 0.15) is 26.7 Å². The van der Waals surface area contributed by atoms with E-state index in [1.165, 1.54) is 11.8 Å². The fraction of sp³-hybridized carbons (Fsp3) is 0.444. The van der Waals surface area contributed by atoms with Gasteiger partial charge >= 0.3 is 0 Å². The van der Waals surface area contributed by atoms with Gasteiger partial charge in [0.25, 0.3) is 0 Å². The predicted octanol–water partition coefficient (Wildman–Crippen LogP) is 3.25. The first-order valence-corrected chi connectivity index (χ1v) is 9.64. The standard InChI is InChI=1S/C18H21N5OS/c1-11-7-8-23(12(2)9-11)15(24)10-25-18-20-17-16(21-22-18)13-5-3-4-6-14(13)19-17/h3-6,11-12H,7-10H2,1-2H3,(H,19,20,22). The normalized spacial score (nSPS) is 21.1. The Bertz CT molecular complexity index is 924. The van der Waals surface area contributed by atoms with Gasteiger partial charge in [-0.25, -0.2) is 4.98 Å². The second-order valence-corrected chi connectivity index (χ2v) is 7.76. The molecular weight excluding hydrogens is 334 g/mol. The van der Waals surface area contributed by atoms with E-state index in [1.54, 1.807) is 0 Å². The molecule has 0 radical (unpaired) electrons. The van der Waals surface area contributed by atoms with Gasteiger partial charge in [0.1, 0.15) is 5.52 Å². The van der Waals surface area contributed by atoms with Gasteiger partial charge in [-0.15, -0.1) is 10.2 Å². The molecule has 25 heavy (non-hydrogen) atoms. The molecule has 2 aromatic heterocycles. The average molecular weight is 355 g/mol. The van der Waals surface area contributed by atoms with Crippen molar-refractivity contribution in [2.75, 3.05) is 12.3 Å². The first-order chi connectivity index (χ1) is 12.1. The van der Waals surface area contributed by atoms with E-state index in [9.17, 15) is 4.79 Å². The number of para-hydroxylation sites is 1. The van der Waals surface area contributed by atoms with Gasteiger partial charge in [-0.3, -0.25) is 4.79 Å². The number of rotatable bonds is 3. The van der Waals surface area contributed by atoms with Crippen LogP contribution in [0.4, 0.5) is 0 Å². The Morgan fingerprint density at radius 1 is 1.32 bits per heavy atom. The number of piperidine rings is 1. The summed E-state index contributed by atoms with van der Waals surface area (Å²) >= 11 is 1.35. The number of carbonyl (C=O) groups is 1. The Kier molecular flexibility index (Phi) is 4.33. The molecule has 0 bridgehead atoms. The van der Waals surface area contributed by atoms with E-state index in [0.29, 0.717) is 28.5 Å². The maximum Gasteiger partial charge on any atom is 0.233 e. The molecule has 3 heterocycles. The molecule has 6 nitrogen and oxygen atoms in total. The van der Waals surface area contributed by atoms with Gasteiger partial charge in [-0.1, -0.05) is 36.9 Å². The summed E-state index contributed by atoms with van der Waals surface area (Å²) in [7, 11) is 0. The lowest BCUT2D eigenvalue weighted by molar-refractivity contribution is -0.132. The van der Waals surface area contributed by atoms with Crippen LogP contribution in [0.3, 0.4) is 0 Å². The number of carbonyl (C=O) groups excluding carboxylic acids is 1. The number of hydrogen-bond acceptors (Lipinski definition) is 5. The van der Waals surface area contributed by atoms with Crippen LogP contribution in [-0.2, 0) is 4.79 Å². The van der Waals surface area contributed by atoms with E-state index in [4.69, 9.17) is 0 Å². The smallest absolute Gasteiger partial charge is 0.233 e. The van der Waals surface area contributed by atoms with Crippen LogP contribution < -0.4 is 0 Å². The molecule has 130 valence electrons. The molecule has 7 heteroatoms. The van der Waals surface area contributed by atoms with Gasteiger partial charge in [-0.2, -0.15) is 0 Å². The number of aromatic nitrogens is 4. The minimum Gasteiger partial charge on any atom is -0.339 e. The van der Waals surface area contributed by atoms with Crippen molar-refractivity contribution in [3.05, 3.63) is 24.3 Å². The molecule has 4 rings (SSSR count). The Labute approximate surface area is 150 Å². The zero-order valence-electron chi connectivity index (χ0n) is 14.4. The number of fused-ring (bicyclic) bond motifs is 3. The second-order valence-electron chi connectivity index (χ2n) is 6.82. The van der Waals surface area contributed by atoms with Crippen molar-refractivity contribution in [1.82, 2.24) is 25.1 Å². The van der Waals surface area contributed by atoms with Gasteiger partial charge < -0.3 is 9.88 Å². The van der Waals surface area contributed by atoms with Crippen LogP contribution in [0.15, 0.2) is 29.4 Å². The lowest BCUT2D eigenvalue weighted by Gasteiger charge is -2.36. The Morgan fingerprint density at radius 3 is 3.00 bits per heavy atom. The first-order valence-electron chi connectivity index (χ1n) is 8.65. The highest BCUT2D eigenvalue weighted by atomic mass is 32.2. The second kappa shape index (κ2) is 6.63. The van der Waals surface area contributed by atoms with Crippen molar-refractivity contribution >= 4 is 39.7 Å². The van der Waals surface area contributed by atoms with Crippen molar-refractivity contribution in [2.45, 2.75) is 37.9 Å². The van der Waals surface area contributed by atoms with E-state index >= 15 is 0 Å². The number of H-pyrrole nitrogens is 1. The minimum atomic E-state index is 0.157. The molecule has 0 spiro atoms. The molecule has 1 aromatic carbocycles. The Hall–Kier alpha value is -2.15. The molecule has 1 aliphatic rings. The summed E-state index contributed by atoms with van der Waals surface area (Å²) in [5.41, 5.74) is 2.48. The maximum atomic E-state index is 12.5. The number of nitrogens with zero attached hydrogens (tertiary/aromatic N) is 4. The molecule has 2 unspecified atom stereocenters. The first kappa shape index (κ1) is 16.3. The van der Waals surface area contributed by atoms with Crippen LogP contribution in [0.25, 0.3) is 22.1 Å². The number of thioether (sulfide) groups is 1. The highest BCUT2D eigenvalue weighted by molar-refractivity contribution is 7.99. The zero-order chi connectivity index (χ0) is 17.4. The van der Waals surface area contributed by atoms with Crippen molar-refractivity contribution in [3.63, 3.8) is 0 Å². The maximum absolute atomic E-state index is 12.5. The third-order valence-corrected chi connectivity index (χ3v) is 5.71. The highest BCUT2D eigenvalue weighted by Gasteiger charge is 2.26. The number of amides is 1. The highest BCUT2D eigenvalue weighted by Crippen LogP contribution is 2.25. The summed E-state index contributed by atoms with van der Waals surface area (Å²) in [6.07, 6.45) is 2.16.